The van der Waals surface area contributed by atoms with Crippen LogP contribution in [0.15, 0.2) is 29.9 Å². The zero-order chi connectivity index (χ0) is 23.4. The minimum atomic E-state index is -0.118. The van der Waals surface area contributed by atoms with Crippen molar-refractivity contribution in [1.82, 2.24) is 9.88 Å². The second kappa shape index (κ2) is 10.6. The van der Waals surface area contributed by atoms with Gasteiger partial charge in [-0.15, -0.1) is 11.3 Å². The van der Waals surface area contributed by atoms with E-state index in [0.29, 0.717) is 5.92 Å². The Bertz CT molecular complexity index is 919. The summed E-state index contributed by atoms with van der Waals surface area (Å²) in [6.45, 7) is 9.80. The Morgan fingerprint density at radius 3 is 2.76 bits per heavy atom. The molecule has 2 aliphatic heterocycles. The highest BCUT2D eigenvalue weighted by Gasteiger charge is 2.44. The maximum Gasteiger partial charge on any atom is 0.253 e. The average Bonchev–Trinajstić information content (AvgIpc) is 3.34. The number of hydrogen-bond donors (Lipinski definition) is 0. The third-order valence-corrected chi connectivity index (χ3v) is 7.95. The summed E-state index contributed by atoms with van der Waals surface area (Å²) in [6.07, 6.45) is 10.0. The fraction of sp³-hybridized carbons (Fsp3) is 0.630. The van der Waals surface area contributed by atoms with Gasteiger partial charge in [0.1, 0.15) is 5.75 Å². The molecule has 180 valence electrons. The molecule has 2 saturated heterocycles. The van der Waals surface area contributed by atoms with Gasteiger partial charge in [-0.25, -0.2) is 0 Å². The molecule has 5 nitrogen and oxygen atoms in total. The van der Waals surface area contributed by atoms with E-state index in [1.54, 1.807) is 11.3 Å². The Kier molecular flexibility index (Phi) is 7.75. The summed E-state index contributed by atoms with van der Waals surface area (Å²) in [5.74, 6) is 1.65. The van der Waals surface area contributed by atoms with Crippen molar-refractivity contribution in [2.24, 2.45) is 5.92 Å². The molecule has 2 unspecified atom stereocenters. The molecule has 0 bridgehead atoms. The van der Waals surface area contributed by atoms with Crippen molar-refractivity contribution in [2.75, 3.05) is 13.1 Å². The third-order valence-electron chi connectivity index (χ3n) is 7.08. The van der Waals surface area contributed by atoms with Crippen molar-refractivity contribution in [1.29, 1.82) is 0 Å². The number of likely N-dealkylation sites (tertiary alicyclic amines) is 1. The summed E-state index contributed by atoms with van der Waals surface area (Å²) in [4.78, 5) is 20.8. The Morgan fingerprint density at radius 2 is 2.12 bits per heavy atom. The van der Waals surface area contributed by atoms with E-state index in [0.717, 1.165) is 55.6 Å². The first-order valence-corrected chi connectivity index (χ1v) is 13.4. The molecule has 3 heterocycles. The van der Waals surface area contributed by atoms with Crippen molar-refractivity contribution in [3.8, 4) is 5.75 Å². The van der Waals surface area contributed by atoms with E-state index in [9.17, 15) is 4.79 Å². The molecule has 2 aromatic rings. The van der Waals surface area contributed by atoms with Gasteiger partial charge in [0.15, 0.2) is 0 Å². The number of carbonyl (C=O) groups is 1. The lowest BCUT2D eigenvalue weighted by Gasteiger charge is -2.49. The molecule has 1 aromatic heterocycles. The first-order valence-electron chi connectivity index (χ1n) is 12.5. The lowest BCUT2D eigenvalue weighted by molar-refractivity contribution is -0.168. The van der Waals surface area contributed by atoms with Crippen LogP contribution < -0.4 is 4.74 Å². The lowest BCUT2D eigenvalue weighted by atomic mass is 9.76. The molecule has 0 N–H and O–H groups in total. The number of amides is 1. The monoisotopic (exact) mass is 470 g/mol. The minimum absolute atomic E-state index is 0.112. The van der Waals surface area contributed by atoms with Crippen molar-refractivity contribution in [3.63, 3.8) is 0 Å². The largest absolute Gasteiger partial charge is 0.491 e. The number of carbonyl (C=O) groups excluding carboxylic acids is 1. The van der Waals surface area contributed by atoms with E-state index >= 15 is 0 Å². The Balaban J connectivity index is 1.43. The third kappa shape index (κ3) is 5.78. The number of nitrogens with zero attached hydrogens (tertiary/aromatic N) is 2. The fourth-order valence-electron chi connectivity index (χ4n) is 5.37. The lowest BCUT2D eigenvalue weighted by Crippen LogP contribution is -2.51. The zero-order valence-corrected chi connectivity index (χ0v) is 21.3. The quantitative estimate of drug-likeness (QED) is 0.459. The molecule has 1 amide bonds. The number of thiazole rings is 1. The van der Waals surface area contributed by atoms with Gasteiger partial charge >= 0.3 is 0 Å². The molecule has 1 aromatic carbocycles. The van der Waals surface area contributed by atoms with E-state index < -0.39 is 0 Å². The number of aryl methyl sites for hydroxylation is 1. The average molecular weight is 471 g/mol. The van der Waals surface area contributed by atoms with Crippen LogP contribution in [0.4, 0.5) is 0 Å². The van der Waals surface area contributed by atoms with Crippen LogP contribution in [0.5, 0.6) is 5.75 Å². The Hall–Kier alpha value is -1.92. The van der Waals surface area contributed by atoms with E-state index in [1.165, 1.54) is 24.1 Å². The highest BCUT2D eigenvalue weighted by molar-refractivity contribution is 7.09. The minimum Gasteiger partial charge on any atom is -0.491 e. The molecule has 2 fully saturated rings. The van der Waals surface area contributed by atoms with Gasteiger partial charge in [-0.05, 0) is 76.1 Å². The molecular weight excluding hydrogens is 432 g/mol. The van der Waals surface area contributed by atoms with E-state index in [1.807, 2.05) is 55.6 Å². The number of benzene rings is 1. The molecule has 2 aliphatic rings. The first kappa shape index (κ1) is 24.2. The van der Waals surface area contributed by atoms with Crippen LogP contribution in [0.2, 0.25) is 0 Å². The maximum atomic E-state index is 13.3. The Morgan fingerprint density at radius 1 is 1.33 bits per heavy atom. The second-order valence-corrected chi connectivity index (χ2v) is 11.0. The Labute approximate surface area is 202 Å². The fourth-order valence-corrected chi connectivity index (χ4v) is 6.03. The summed E-state index contributed by atoms with van der Waals surface area (Å²) in [5, 5.41) is 0. The molecular formula is C27H38N2O3S. The van der Waals surface area contributed by atoms with Crippen LogP contribution in [0.1, 0.15) is 92.6 Å². The number of aromatic nitrogens is 1. The van der Waals surface area contributed by atoms with Gasteiger partial charge in [0.05, 0.1) is 28.2 Å². The van der Waals surface area contributed by atoms with Crippen molar-refractivity contribution in [2.45, 2.75) is 90.4 Å². The summed E-state index contributed by atoms with van der Waals surface area (Å²) in [6, 6.07) is 5.79. The number of unbranched alkanes of at least 4 members (excludes halogenated alkanes) is 1. The zero-order valence-electron chi connectivity index (χ0n) is 20.5. The topological polar surface area (TPSA) is 51.7 Å². The van der Waals surface area contributed by atoms with Crippen molar-refractivity contribution >= 4 is 17.2 Å². The predicted octanol–water partition coefficient (Wildman–Crippen LogP) is 6.57. The SMILES string of the molecule is CCCCC1CC(c2cncs2)OC2(CCN(C(=O)c3ccc(OC(C)C)c(C)c3)CC2)C1. The standard InChI is InChI=1S/C27H38N2O3S/c1-5-6-7-21-15-24(25-17-28-18-33-25)32-27(16-21)10-12-29(13-11-27)26(30)22-8-9-23(20(4)14-22)31-19(2)3/h8-9,14,17-19,21,24H,5-7,10-13,15-16H2,1-4H3. The van der Waals surface area contributed by atoms with Crippen LogP contribution in [-0.2, 0) is 4.74 Å². The molecule has 6 heteroatoms. The predicted molar refractivity (Wildman–Crippen MR) is 133 cm³/mol. The molecule has 0 saturated carbocycles. The van der Waals surface area contributed by atoms with E-state index in [-0.39, 0.29) is 23.7 Å². The summed E-state index contributed by atoms with van der Waals surface area (Å²) < 4.78 is 12.6. The van der Waals surface area contributed by atoms with Crippen LogP contribution in [0, 0.1) is 12.8 Å². The number of piperidine rings is 1. The van der Waals surface area contributed by atoms with Crippen LogP contribution in [0.3, 0.4) is 0 Å². The summed E-state index contributed by atoms with van der Waals surface area (Å²) in [5.41, 5.74) is 3.53. The maximum absolute atomic E-state index is 13.3. The normalized spacial score (nSPS) is 22.6. The number of rotatable bonds is 7. The first-order chi connectivity index (χ1) is 15.9. The molecule has 2 atom stereocenters. The second-order valence-electron chi connectivity index (χ2n) is 10.1. The van der Waals surface area contributed by atoms with Gasteiger partial charge in [-0.1, -0.05) is 26.2 Å². The number of hydrogen-bond acceptors (Lipinski definition) is 5. The molecule has 0 aliphatic carbocycles. The molecule has 1 spiro atoms. The summed E-state index contributed by atoms with van der Waals surface area (Å²) in [7, 11) is 0. The van der Waals surface area contributed by atoms with E-state index in [4.69, 9.17) is 9.47 Å². The van der Waals surface area contributed by atoms with Crippen molar-refractivity contribution in [3.05, 3.63) is 45.9 Å². The van der Waals surface area contributed by atoms with Gasteiger partial charge in [0, 0.05) is 24.8 Å². The van der Waals surface area contributed by atoms with Crippen molar-refractivity contribution < 1.29 is 14.3 Å². The van der Waals surface area contributed by atoms with Gasteiger partial charge in [-0.2, -0.15) is 0 Å². The highest BCUT2D eigenvalue weighted by atomic mass is 32.1. The van der Waals surface area contributed by atoms with Crippen LogP contribution in [0.25, 0.3) is 0 Å². The summed E-state index contributed by atoms with van der Waals surface area (Å²) >= 11 is 1.70. The van der Waals surface area contributed by atoms with Gasteiger partial charge in [0.25, 0.3) is 5.91 Å². The molecule has 33 heavy (non-hydrogen) atoms. The molecule has 4 rings (SSSR count). The van der Waals surface area contributed by atoms with Gasteiger partial charge in [0.2, 0.25) is 0 Å². The molecule has 0 radical (unpaired) electrons. The smallest absolute Gasteiger partial charge is 0.253 e. The van der Waals surface area contributed by atoms with Gasteiger partial charge in [-0.3, -0.25) is 9.78 Å². The van der Waals surface area contributed by atoms with Crippen LogP contribution >= 0.6 is 11.3 Å². The highest BCUT2D eigenvalue weighted by Crippen LogP contribution is 2.47. The van der Waals surface area contributed by atoms with Gasteiger partial charge < -0.3 is 14.4 Å². The van der Waals surface area contributed by atoms with Crippen LogP contribution in [-0.4, -0.2) is 40.6 Å². The number of ether oxygens (including phenoxy) is 2. The van der Waals surface area contributed by atoms with E-state index in [2.05, 4.69) is 11.9 Å².